The lowest BCUT2D eigenvalue weighted by Gasteiger charge is -2.22. The highest BCUT2D eigenvalue weighted by atomic mass is 79.9. The molecule has 1 aromatic heterocycles. The van der Waals surface area contributed by atoms with Gasteiger partial charge < -0.3 is 9.30 Å². The maximum Gasteiger partial charge on any atom is 0.335 e. The van der Waals surface area contributed by atoms with Crippen molar-refractivity contribution in [3.63, 3.8) is 0 Å². The Labute approximate surface area is 130 Å². The van der Waals surface area contributed by atoms with Crippen molar-refractivity contribution in [1.29, 1.82) is 0 Å². The van der Waals surface area contributed by atoms with Gasteiger partial charge in [-0.05, 0) is 11.6 Å². The minimum atomic E-state index is -0.573. The molecule has 0 saturated heterocycles. The smallest absolute Gasteiger partial charge is 0.335 e. The van der Waals surface area contributed by atoms with E-state index in [0.717, 1.165) is 10.0 Å². The molecule has 0 aliphatic heterocycles. The molecular weight excluding hydrogens is 336 g/mol. The van der Waals surface area contributed by atoms with Crippen molar-refractivity contribution >= 4 is 28.2 Å². The van der Waals surface area contributed by atoms with Crippen LogP contribution in [0.15, 0.2) is 53.3 Å². The van der Waals surface area contributed by atoms with Gasteiger partial charge in [0, 0.05) is 16.9 Å². The lowest BCUT2D eigenvalue weighted by molar-refractivity contribution is -0.136. The van der Waals surface area contributed by atoms with Crippen LogP contribution in [0.3, 0.4) is 0 Å². The van der Waals surface area contributed by atoms with Crippen LogP contribution < -0.4 is 0 Å². The van der Waals surface area contributed by atoms with E-state index in [0.29, 0.717) is 6.29 Å². The van der Waals surface area contributed by atoms with Crippen LogP contribution in [-0.4, -0.2) is 28.9 Å². The topological polar surface area (TPSA) is 61.2 Å². The first-order valence-corrected chi connectivity index (χ1v) is 6.89. The van der Waals surface area contributed by atoms with Gasteiger partial charge in [0.25, 0.3) is 0 Å². The van der Waals surface area contributed by atoms with Crippen LogP contribution in [-0.2, 0) is 9.53 Å². The number of halogens is 1. The van der Waals surface area contributed by atoms with E-state index in [-0.39, 0.29) is 11.4 Å². The normalized spacial score (nSPS) is 11.7. The summed E-state index contributed by atoms with van der Waals surface area (Å²) in [5.41, 5.74) is 1.000. The third-order valence-electron chi connectivity index (χ3n) is 3.06. The van der Waals surface area contributed by atoms with E-state index in [1.54, 1.807) is 10.8 Å². The van der Waals surface area contributed by atoms with Crippen molar-refractivity contribution in [2.45, 2.75) is 6.04 Å². The van der Waals surface area contributed by atoms with Gasteiger partial charge in [0.05, 0.1) is 18.7 Å². The summed E-state index contributed by atoms with van der Waals surface area (Å²) in [5, 5.41) is 0. The quantitative estimate of drug-likeness (QED) is 0.473. The number of hydrogen-bond acceptors (Lipinski definition) is 4. The summed E-state index contributed by atoms with van der Waals surface area (Å²) >= 11 is 3.45. The molecule has 0 radical (unpaired) electrons. The van der Waals surface area contributed by atoms with E-state index in [9.17, 15) is 9.59 Å². The molecule has 2 rings (SSSR count). The molecule has 1 unspecified atom stereocenters. The highest BCUT2D eigenvalue weighted by Crippen LogP contribution is 2.32. The lowest BCUT2D eigenvalue weighted by atomic mass is 9.99. The fraction of sp³-hybridized carbons (Fsp3) is 0.133. The molecule has 0 N–H and O–H groups in total. The van der Waals surface area contributed by atoms with Gasteiger partial charge in [0.15, 0.2) is 12.1 Å². The zero-order valence-corrected chi connectivity index (χ0v) is 12.9. The zero-order chi connectivity index (χ0) is 15.4. The SMILES string of the molecule is C=C(C(=O)OC)C(c1ccccc1Br)n1ccnc1C=O. The molecule has 0 aliphatic rings. The summed E-state index contributed by atoms with van der Waals surface area (Å²) in [7, 11) is 1.29. The number of carbonyl (C=O) groups is 2. The minimum Gasteiger partial charge on any atom is -0.466 e. The van der Waals surface area contributed by atoms with E-state index >= 15 is 0 Å². The molecular formula is C15H13BrN2O3. The van der Waals surface area contributed by atoms with Gasteiger partial charge in [-0.25, -0.2) is 9.78 Å². The second-order valence-electron chi connectivity index (χ2n) is 4.25. The van der Waals surface area contributed by atoms with Gasteiger partial charge in [0.1, 0.15) is 0 Å². The molecule has 0 spiro atoms. The second kappa shape index (κ2) is 6.49. The number of benzene rings is 1. The molecule has 1 aromatic carbocycles. The zero-order valence-electron chi connectivity index (χ0n) is 11.3. The molecule has 1 atom stereocenters. The van der Waals surface area contributed by atoms with E-state index in [1.807, 2.05) is 24.3 Å². The average molecular weight is 349 g/mol. The number of aromatic nitrogens is 2. The third kappa shape index (κ3) is 2.95. The summed E-state index contributed by atoms with van der Waals surface area (Å²) in [5.74, 6) is -0.331. The predicted octanol–water partition coefficient (Wildman–Crippen LogP) is 2.78. The summed E-state index contributed by atoms with van der Waals surface area (Å²) in [6.07, 6.45) is 3.76. The Bertz CT molecular complexity index is 694. The first-order chi connectivity index (χ1) is 10.1. The third-order valence-corrected chi connectivity index (χ3v) is 3.78. The molecule has 0 bridgehead atoms. The molecule has 21 heavy (non-hydrogen) atoms. The first-order valence-electron chi connectivity index (χ1n) is 6.09. The Hall–Kier alpha value is -2.21. The standard InChI is InChI=1S/C15H13BrN2O3/c1-10(15(20)21-2)14(11-5-3-4-6-12(11)16)18-8-7-17-13(18)9-19/h3-9,14H,1H2,2H3. The van der Waals surface area contributed by atoms with Gasteiger partial charge in [0.2, 0.25) is 0 Å². The Morgan fingerprint density at radius 3 is 2.81 bits per heavy atom. The summed E-state index contributed by atoms with van der Waals surface area (Å²) in [6.45, 7) is 3.81. The molecule has 0 fully saturated rings. The van der Waals surface area contributed by atoms with E-state index in [4.69, 9.17) is 4.74 Å². The number of rotatable bonds is 5. The van der Waals surface area contributed by atoms with Crippen molar-refractivity contribution in [3.8, 4) is 0 Å². The summed E-state index contributed by atoms with van der Waals surface area (Å²) in [6, 6.07) is 6.83. The fourth-order valence-corrected chi connectivity index (χ4v) is 2.58. The van der Waals surface area contributed by atoms with Crippen LogP contribution in [0.2, 0.25) is 0 Å². The van der Waals surface area contributed by atoms with E-state index in [1.165, 1.54) is 13.3 Å². The number of methoxy groups -OCH3 is 1. The van der Waals surface area contributed by atoms with Crippen LogP contribution >= 0.6 is 15.9 Å². The molecule has 1 heterocycles. The molecule has 5 nitrogen and oxygen atoms in total. The minimum absolute atomic E-state index is 0.209. The van der Waals surface area contributed by atoms with Gasteiger partial charge in [-0.2, -0.15) is 0 Å². The van der Waals surface area contributed by atoms with Crippen molar-refractivity contribution in [1.82, 2.24) is 9.55 Å². The Morgan fingerprint density at radius 1 is 1.48 bits per heavy atom. The van der Waals surface area contributed by atoms with E-state index in [2.05, 4.69) is 27.5 Å². The van der Waals surface area contributed by atoms with Crippen molar-refractivity contribution in [2.24, 2.45) is 0 Å². The molecule has 0 saturated carbocycles. The average Bonchev–Trinajstić information content (AvgIpc) is 2.96. The highest BCUT2D eigenvalue weighted by Gasteiger charge is 2.26. The molecule has 108 valence electrons. The van der Waals surface area contributed by atoms with Crippen molar-refractivity contribution in [3.05, 3.63) is 64.7 Å². The molecule has 2 aromatic rings. The van der Waals surface area contributed by atoms with Crippen LogP contribution in [0, 0.1) is 0 Å². The van der Waals surface area contributed by atoms with Crippen molar-refractivity contribution in [2.75, 3.05) is 7.11 Å². The second-order valence-corrected chi connectivity index (χ2v) is 5.11. The highest BCUT2D eigenvalue weighted by molar-refractivity contribution is 9.10. The number of hydrogen-bond donors (Lipinski definition) is 0. The molecule has 0 amide bonds. The largest absolute Gasteiger partial charge is 0.466 e. The van der Waals surface area contributed by atoms with Crippen molar-refractivity contribution < 1.29 is 14.3 Å². The summed E-state index contributed by atoms with van der Waals surface area (Å²) < 4.78 is 7.14. The Kier molecular flexibility index (Phi) is 4.70. The number of ether oxygens (including phenoxy) is 1. The lowest BCUT2D eigenvalue weighted by Crippen LogP contribution is -2.21. The Morgan fingerprint density at radius 2 is 2.19 bits per heavy atom. The monoisotopic (exact) mass is 348 g/mol. The maximum atomic E-state index is 11.9. The van der Waals surface area contributed by atoms with Gasteiger partial charge in [-0.15, -0.1) is 0 Å². The number of aldehydes is 1. The number of carbonyl (C=O) groups excluding carboxylic acids is 2. The number of esters is 1. The molecule has 0 aliphatic carbocycles. The number of nitrogens with zero attached hydrogens (tertiary/aromatic N) is 2. The Balaban J connectivity index is 2.60. The van der Waals surface area contributed by atoms with Crippen LogP contribution in [0.25, 0.3) is 0 Å². The number of imidazole rings is 1. The first kappa shape index (κ1) is 15.2. The molecule has 6 heteroatoms. The van der Waals surface area contributed by atoms with Gasteiger partial charge >= 0.3 is 5.97 Å². The summed E-state index contributed by atoms with van der Waals surface area (Å²) in [4.78, 5) is 27.0. The van der Waals surface area contributed by atoms with Crippen LogP contribution in [0.4, 0.5) is 0 Å². The predicted molar refractivity (Wildman–Crippen MR) is 81.1 cm³/mol. The van der Waals surface area contributed by atoms with Crippen LogP contribution in [0.5, 0.6) is 0 Å². The van der Waals surface area contributed by atoms with E-state index < -0.39 is 12.0 Å². The maximum absolute atomic E-state index is 11.9. The van der Waals surface area contributed by atoms with Gasteiger partial charge in [-0.3, -0.25) is 4.79 Å². The van der Waals surface area contributed by atoms with Gasteiger partial charge in [-0.1, -0.05) is 40.7 Å². The fourth-order valence-electron chi connectivity index (χ4n) is 2.08. The van der Waals surface area contributed by atoms with Crippen LogP contribution in [0.1, 0.15) is 22.2 Å².